The molecule has 0 saturated heterocycles. The third kappa shape index (κ3) is 5.59. The quantitative estimate of drug-likeness (QED) is 0.317. The van der Waals surface area contributed by atoms with Gasteiger partial charge in [-0.15, -0.1) is 0 Å². The number of imidazole rings is 1. The molecule has 33 heavy (non-hydrogen) atoms. The minimum atomic E-state index is 0.550. The molecule has 0 fully saturated rings. The highest BCUT2D eigenvalue weighted by atomic mass is 35.5. The van der Waals surface area contributed by atoms with Gasteiger partial charge in [0, 0.05) is 33.5 Å². The van der Waals surface area contributed by atoms with Gasteiger partial charge in [-0.2, -0.15) is 0 Å². The zero-order valence-electron chi connectivity index (χ0n) is 18.0. The van der Waals surface area contributed by atoms with Crippen LogP contribution in [0.1, 0.15) is 22.5 Å². The fourth-order valence-corrected chi connectivity index (χ4v) is 3.69. The molecule has 4 nitrogen and oxygen atoms in total. The van der Waals surface area contributed by atoms with Gasteiger partial charge in [-0.3, -0.25) is 0 Å². The zero-order valence-corrected chi connectivity index (χ0v) is 19.5. The van der Waals surface area contributed by atoms with Gasteiger partial charge in [0.05, 0.1) is 24.9 Å². The van der Waals surface area contributed by atoms with Crippen LogP contribution in [0.2, 0.25) is 10.0 Å². The van der Waals surface area contributed by atoms with Crippen molar-refractivity contribution < 1.29 is 9.47 Å². The monoisotopic (exact) mass is 474 g/mol. The molecule has 0 amide bonds. The maximum atomic E-state index is 6.30. The second kappa shape index (κ2) is 10.3. The van der Waals surface area contributed by atoms with E-state index in [1.165, 1.54) is 0 Å². The number of ether oxygens (including phenoxy) is 2. The molecule has 0 atom stereocenters. The maximum absolute atomic E-state index is 6.30. The predicted molar refractivity (Wildman–Crippen MR) is 135 cm³/mol. The SMILES string of the molecule is COc1ccc(C#Cc2ccc(OC)c(/C=C/c3nc(-c4ccc(Cl)cc4Cl)c[nH]3)c2)cc1. The van der Waals surface area contributed by atoms with Crippen molar-refractivity contribution in [2.75, 3.05) is 14.2 Å². The lowest BCUT2D eigenvalue weighted by Gasteiger charge is -2.05. The number of aromatic amines is 1. The lowest BCUT2D eigenvalue weighted by molar-refractivity contribution is 0.414. The summed E-state index contributed by atoms with van der Waals surface area (Å²) in [6.45, 7) is 0. The summed E-state index contributed by atoms with van der Waals surface area (Å²) < 4.78 is 10.7. The smallest absolute Gasteiger partial charge is 0.130 e. The van der Waals surface area contributed by atoms with Crippen LogP contribution in [0.15, 0.2) is 66.9 Å². The van der Waals surface area contributed by atoms with Crippen molar-refractivity contribution in [2.45, 2.75) is 0 Å². The molecule has 1 aromatic heterocycles. The molecule has 164 valence electrons. The van der Waals surface area contributed by atoms with Gasteiger partial charge in [0.2, 0.25) is 0 Å². The molecule has 0 aliphatic heterocycles. The Morgan fingerprint density at radius 2 is 1.61 bits per heavy atom. The third-order valence-electron chi connectivity index (χ3n) is 4.90. The molecule has 0 spiro atoms. The summed E-state index contributed by atoms with van der Waals surface area (Å²) in [7, 11) is 3.28. The van der Waals surface area contributed by atoms with Crippen LogP contribution in [0.4, 0.5) is 0 Å². The van der Waals surface area contributed by atoms with Crippen molar-refractivity contribution in [3.63, 3.8) is 0 Å². The zero-order chi connectivity index (χ0) is 23.2. The van der Waals surface area contributed by atoms with Crippen LogP contribution in [0.5, 0.6) is 11.5 Å². The van der Waals surface area contributed by atoms with E-state index in [2.05, 4.69) is 21.8 Å². The molecule has 0 bridgehead atoms. The van der Waals surface area contributed by atoms with Gasteiger partial charge >= 0.3 is 0 Å². The van der Waals surface area contributed by atoms with Crippen LogP contribution in [0.3, 0.4) is 0 Å². The van der Waals surface area contributed by atoms with E-state index < -0.39 is 0 Å². The molecule has 0 aliphatic carbocycles. The number of methoxy groups -OCH3 is 2. The Kier molecular flexibility index (Phi) is 7.04. The lowest BCUT2D eigenvalue weighted by atomic mass is 10.1. The molecule has 0 saturated carbocycles. The van der Waals surface area contributed by atoms with Crippen molar-refractivity contribution >= 4 is 35.4 Å². The number of nitrogens with zero attached hydrogens (tertiary/aromatic N) is 1. The van der Waals surface area contributed by atoms with E-state index in [0.29, 0.717) is 15.9 Å². The second-order valence-corrected chi connectivity index (χ2v) is 7.91. The van der Waals surface area contributed by atoms with Crippen LogP contribution >= 0.6 is 23.2 Å². The van der Waals surface area contributed by atoms with Gasteiger partial charge in [0.1, 0.15) is 17.3 Å². The van der Waals surface area contributed by atoms with Gasteiger partial charge < -0.3 is 14.5 Å². The fourth-order valence-electron chi connectivity index (χ4n) is 3.19. The highest BCUT2D eigenvalue weighted by Gasteiger charge is 2.08. The Hall–Kier alpha value is -3.65. The lowest BCUT2D eigenvalue weighted by Crippen LogP contribution is -1.88. The number of H-pyrrole nitrogens is 1. The van der Waals surface area contributed by atoms with Crippen molar-refractivity contribution in [1.82, 2.24) is 9.97 Å². The average Bonchev–Trinajstić information content (AvgIpc) is 3.30. The van der Waals surface area contributed by atoms with Crippen molar-refractivity contribution in [1.29, 1.82) is 0 Å². The minimum absolute atomic E-state index is 0.550. The van der Waals surface area contributed by atoms with Crippen LogP contribution in [0, 0.1) is 11.8 Å². The first-order chi connectivity index (χ1) is 16.1. The van der Waals surface area contributed by atoms with E-state index in [1.54, 1.807) is 26.4 Å². The molecule has 3 aromatic carbocycles. The molecular formula is C27H20Cl2N2O2. The largest absolute Gasteiger partial charge is 0.497 e. The summed E-state index contributed by atoms with van der Waals surface area (Å²) in [5, 5.41) is 1.14. The van der Waals surface area contributed by atoms with Gasteiger partial charge in [0.25, 0.3) is 0 Å². The van der Waals surface area contributed by atoms with E-state index >= 15 is 0 Å². The minimum Gasteiger partial charge on any atom is -0.497 e. The normalized spacial score (nSPS) is 10.7. The number of hydrogen-bond donors (Lipinski definition) is 1. The number of nitrogens with one attached hydrogen (secondary N) is 1. The van der Waals surface area contributed by atoms with Crippen LogP contribution < -0.4 is 9.47 Å². The Morgan fingerprint density at radius 1 is 0.848 bits per heavy atom. The standard InChI is InChI=1S/C27H20Cl2N2O2/c1-32-22-10-5-18(6-11-22)3-4-19-7-13-26(33-2)20(15-19)8-14-27-30-17-25(31-27)23-12-9-21(28)16-24(23)29/h5-17H,1-2H3,(H,30,31)/b14-8+. The van der Waals surface area contributed by atoms with Crippen LogP contribution in [-0.4, -0.2) is 24.2 Å². The highest BCUT2D eigenvalue weighted by molar-refractivity contribution is 6.36. The number of rotatable bonds is 5. The summed E-state index contributed by atoms with van der Waals surface area (Å²) in [5.41, 5.74) is 4.22. The van der Waals surface area contributed by atoms with Crippen LogP contribution in [-0.2, 0) is 0 Å². The van der Waals surface area contributed by atoms with E-state index in [9.17, 15) is 0 Å². The van der Waals surface area contributed by atoms with E-state index in [-0.39, 0.29) is 0 Å². The summed E-state index contributed by atoms with van der Waals surface area (Å²) in [6, 6.07) is 18.8. The van der Waals surface area contributed by atoms with E-state index in [1.807, 2.05) is 66.9 Å². The maximum Gasteiger partial charge on any atom is 0.130 e. The van der Waals surface area contributed by atoms with Crippen molar-refractivity contribution in [3.05, 3.63) is 99.4 Å². The Balaban J connectivity index is 1.56. The molecular weight excluding hydrogens is 455 g/mol. The first-order valence-corrected chi connectivity index (χ1v) is 10.8. The van der Waals surface area contributed by atoms with Gasteiger partial charge in [-0.1, -0.05) is 35.0 Å². The first-order valence-electron chi connectivity index (χ1n) is 10.1. The van der Waals surface area contributed by atoms with Gasteiger partial charge in [0.15, 0.2) is 0 Å². The van der Waals surface area contributed by atoms with Crippen LogP contribution in [0.25, 0.3) is 23.4 Å². The molecule has 0 radical (unpaired) electrons. The second-order valence-electron chi connectivity index (χ2n) is 7.06. The first kappa shape index (κ1) is 22.5. The number of hydrogen-bond acceptors (Lipinski definition) is 3. The number of aromatic nitrogens is 2. The molecule has 4 rings (SSSR count). The molecule has 1 heterocycles. The molecule has 0 unspecified atom stereocenters. The highest BCUT2D eigenvalue weighted by Crippen LogP contribution is 2.29. The molecule has 6 heteroatoms. The van der Waals surface area contributed by atoms with Gasteiger partial charge in [-0.25, -0.2) is 4.98 Å². The molecule has 0 aliphatic rings. The third-order valence-corrected chi connectivity index (χ3v) is 5.44. The Labute approximate surface area is 202 Å². The number of halogens is 2. The summed E-state index contributed by atoms with van der Waals surface area (Å²) in [6.07, 6.45) is 5.62. The van der Waals surface area contributed by atoms with Gasteiger partial charge in [-0.05, 0) is 72.8 Å². The summed E-state index contributed by atoms with van der Waals surface area (Å²) in [4.78, 5) is 7.76. The summed E-state index contributed by atoms with van der Waals surface area (Å²) in [5.74, 6) is 8.60. The summed E-state index contributed by atoms with van der Waals surface area (Å²) >= 11 is 12.3. The fraction of sp³-hybridized carbons (Fsp3) is 0.0741. The Bertz CT molecular complexity index is 1360. The van der Waals surface area contributed by atoms with Crippen molar-refractivity contribution in [3.8, 4) is 34.6 Å². The number of benzene rings is 3. The molecule has 4 aromatic rings. The van der Waals surface area contributed by atoms with Crippen molar-refractivity contribution in [2.24, 2.45) is 0 Å². The van der Waals surface area contributed by atoms with E-state index in [0.717, 1.165) is 39.4 Å². The average molecular weight is 475 g/mol. The molecule has 1 N–H and O–H groups in total. The van der Waals surface area contributed by atoms with E-state index in [4.69, 9.17) is 32.7 Å². The predicted octanol–water partition coefficient (Wildman–Crippen LogP) is 6.97. The topological polar surface area (TPSA) is 47.1 Å². The Morgan fingerprint density at radius 3 is 2.33 bits per heavy atom.